The Morgan fingerprint density at radius 3 is 2.79 bits per heavy atom. The predicted octanol–water partition coefficient (Wildman–Crippen LogP) is 0.637. The third-order valence-electron chi connectivity index (χ3n) is 5.10. The van der Waals surface area contributed by atoms with Crippen LogP contribution in [0.4, 0.5) is 0 Å². The number of rotatable bonds is 3. The summed E-state index contributed by atoms with van der Waals surface area (Å²) < 4.78 is 11.8. The Balaban J connectivity index is 1.30. The molecule has 3 fully saturated rings. The molecule has 0 N–H and O–H groups in total. The van der Waals surface area contributed by atoms with Crippen molar-refractivity contribution in [2.45, 2.75) is 31.5 Å². The number of hydrogen-bond acceptors (Lipinski definition) is 6. The van der Waals surface area contributed by atoms with Crippen LogP contribution in [0.25, 0.3) is 0 Å². The van der Waals surface area contributed by atoms with Gasteiger partial charge in [-0.05, 0) is 32.5 Å². The number of ether oxygens (including phenoxy) is 1. The van der Waals surface area contributed by atoms with Crippen molar-refractivity contribution < 1.29 is 18.8 Å². The lowest BCUT2D eigenvalue weighted by Crippen LogP contribution is -2.72. The van der Waals surface area contributed by atoms with Gasteiger partial charge >= 0.3 is 0 Å². The summed E-state index contributed by atoms with van der Waals surface area (Å²) in [5, 5.41) is 1.49. The van der Waals surface area contributed by atoms with Crippen LogP contribution < -0.4 is 0 Å². The molecule has 3 aliphatic rings. The number of carbonyl (C=O) groups excluding carboxylic acids is 1. The van der Waals surface area contributed by atoms with Crippen molar-refractivity contribution in [1.29, 1.82) is 0 Å². The molecule has 1 unspecified atom stereocenters. The summed E-state index contributed by atoms with van der Waals surface area (Å²) in [6.45, 7) is 7.04. The summed E-state index contributed by atoms with van der Waals surface area (Å²) in [7, 11) is 2.00. The van der Waals surface area contributed by atoms with E-state index >= 15 is 0 Å². The van der Waals surface area contributed by atoms with Gasteiger partial charge in [-0.1, -0.05) is 0 Å². The van der Waals surface area contributed by atoms with Crippen molar-refractivity contribution in [2.24, 2.45) is 0 Å². The standard InChI is InChI=1S/C17H25N3O4/c1-13-4-5-14(24-13)8-19-11-17(12-19)10-18(2)15(9-22-17)16(21)20-6-3-7-23-20/h4-5,15H,3,6-12H2,1-2H3. The number of amides is 1. The molecule has 4 heterocycles. The van der Waals surface area contributed by atoms with E-state index in [2.05, 4.69) is 9.80 Å². The van der Waals surface area contributed by atoms with Gasteiger partial charge in [0.15, 0.2) is 0 Å². The van der Waals surface area contributed by atoms with Crippen LogP contribution in [0.3, 0.4) is 0 Å². The van der Waals surface area contributed by atoms with Gasteiger partial charge < -0.3 is 9.15 Å². The zero-order valence-corrected chi connectivity index (χ0v) is 14.4. The van der Waals surface area contributed by atoms with Crippen LogP contribution in [0, 0.1) is 6.92 Å². The molecule has 4 rings (SSSR count). The number of likely N-dealkylation sites (N-methyl/N-ethyl adjacent to an activating group) is 1. The number of hydroxylamine groups is 2. The van der Waals surface area contributed by atoms with Gasteiger partial charge in [0.05, 0.1) is 26.3 Å². The van der Waals surface area contributed by atoms with Gasteiger partial charge in [0.2, 0.25) is 0 Å². The molecule has 24 heavy (non-hydrogen) atoms. The molecule has 3 aliphatic heterocycles. The van der Waals surface area contributed by atoms with E-state index in [1.54, 1.807) is 0 Å². The van der Waals surface area contributed by atoms with Gasteiger partial charge in [0, 0.05) is 19.6 Å². The highest BCUT2D eigenvalue weighted by atomic mass is 16.7. The number of likely N-dealkylation sites (tertiary alicyclic amines) is 1. The summed E-state index contributed by atoms with van der Waals surface area (Å²) in [6.07, 6.45) is 0.911. The van der Waals surface area contributed by atoms with Crippen molar-refractivity contribution in [3.63, 3.8) is 0 Å². The number of carbonyl (C=O) groups is 1. The zero-order valence-electron chi connectivity index (χ0n) is 14.4. The van der Waals surface area contributed by atoms with Crippen LogP contribution in [-0.2, 0) is 20.9 Å². The van der Waals surface area contributed by atoms with Gasteiger partial charge in [-0.2, -0.15) is 0 Å². The molecule has 1 amide bonds. The Hall–Kier alpha value is -1.41. The highest BCUT2D eigenvalue weighted by molar-refractivity contribution is 5.81. The van der Waals surface area contributed by atoms with Crippen LogP contribution >= 0.6 is 0 Å². The quantitative estimate of drug-likeness (QED) is 0.808. The first-order valence-electron chi connectivity index (χ1n) is 8.61. The van der Waals surface area contributed by atoms with E-state index in [0.717, 1.165) is 44.1 Å². The van der Waals surface area contributed by atoms with E-state index < -0.39 is 0 Å². The van der Waals surface area contributed by atoms with E-state index in [0.29, 0.717) is 19.8 Å². The third-order valence-corrected chi connectivity index (χ3v) is 5.10. The number of nitrogens with zero attached hydrogens (tertiary/aromatic N) is 3. The molecule has 0 aliphatic carbocycles. The Kier molecular flexibility index (Phi) is 4.12. The molecule has 0 saturated carbocycles. The molecule has 0 aromatic carbocycles. The zero-order chi connectivity index (χ0) is 16.7. The van der Waals surface area contributed by atoms with E-state index in [4.69, 9.17) is 14.0 Å². The minimum atomic E-state index is -0.240. The average molecular weight is 335 g/mol. The fraction of sp³-hybridized carbons (Fsp3) is 0.706. The Bertz CT molecular complexity index is 605. The van der Waals surface area contributed by atoms with Crippen LogP contribution in [0.2, 0.25) is 0 Å². The molecular formula is C17H25N3O4. The maximum atomic E-state index is 12.5. The number of furan rings is 1. The number of hydrogen-bond donors (Lipinski definition) is 0. The van der Waals surface area contributed by atoms with Crippen molar-refractivity contribution >= 4 is 5.91 Å². The molecule has 0 bridgehead atoms. The minimum Gasteiger partial charge on any atom is -0.465 e. The molecule has 1 atom stereocenters. The number of aryl methyl sites for hydroxylation is 1. The molecule has 132 valence electrons. The molecule has 7 nitrogen and oxygen atoms in total. The predicted molar refractivity (Wildman–Crippen MR) is 86.1 cm³/mol. The average Bonchev–Trinajstić information content (AvgIpc) is 3.17. The molecule has 3 saturated heterocycles. The molecule has 7 heteroatoms. The van der Waals surface area contributed by atoms with Crippen molar-refractivity contribution in [2.75, 3.05) is 46.4 Å². The summed E-state index contributed by atoms with van der Waals surface area (Å²) in [4.78, 5) is 22.3. The van der Waals surface area contributed by atoms with Gasteiger partial charge in [-0.25, -0.2) is 5.06 Å². The first-order valence-corrected chi connectivity index (χ1v) is 8.61. The molecule has 1 spiro atoms. The van der Waals surface area contributed by atoms with Crippen LogP contribution in [0.5, 0.6) is 0 Å². The molecular weight excluding hydrogens is 310 g/mol. The summed E-state index contributed by atoms with van der Waals surface area (Å²) >= 11 is 0. The smallest absolute Gasteiger partial charge is 0.265 e. The van der Waals surface area contributed by atoms with Gasteiger partial charge in [0.1, 0.15) is 23.2 Å². The van der Waals surface area contributed by atoms with Crippen molar-refractivity contribution in [1.82, 2.24) is 14.9 Å². The van der Waals surface area contributed by atoms with E-state index in [1.807, 2.05) is 26.1 Å². The molecule has 0 radical (unpaired) electrons. The molecule has 1 aromatic rings. The summed E-state index contributed by atoms with van der Waals surface area (Å²) in [5.74, 6) is 1.96. The maximum Gasteiger partial charge on any atom is 0.265 e. The van der Waals surface area contributed by atoms with E-state index in [9.17, 15) is 4.79 Å². The lowest BCUT2D eigenvalue weighted by molar-refractivity contribution is -0.213. The Labute approximate surface area is 142 Å². The van der Waals surface area contributed by atoms with Crippen LogP contribution in [0.15, 0.2) is 16.5 Å². The second kappa shape index (κ2) is 6.15. The second-order valence-electron chi connectivity index (χ2n) is 7.21. The van der Waals surface area contributed by atoms with Crippen molar-refractivity contribution in [3.05, 3.63) is 23.7 Å². The van der Waals surface area contributed by atoms with Gasteiger partial charge in [-0.15, -0.1) is 0 Å². The SMILES string of the molecule is Cc1ccc(CN2CC3(C2)CN(C)C(C(=O)N2CCCO2)CO3)o1. The van der Waals surface area contributed by atoms with E-state index in [1.165, 1.54) is 5.06 Å². The fourth-order valence-corrected chi connectivity index (χ4v) is 3.90. The first kappa shape index (κ1) is 16.1. The van der Waals surface area contributed by atoms with E-state index in [-0.39, 0.29) is 17.6 Å². The third kappa shape index (κ3) is 2.97. The largest absolute Gasteiger partial charge is 0.465 e. The Morgan fingerprint density at radius 1 is 1.33 bits per heavy atom. The summed E-state index contributed by atoms with van der Waals surface area (Å²) in [5.41, 5.74) is -0.154. The topological polar surface area (TPSA) is 58.4 Å². The van der Waals surface area contributed by atoms with Crippen molar-refractivity contribution in [3.8, 4) is 0 Å². The highest BCUT2D eigenvalue weighted by Crippen LogP contribution is 2.32. The second-order valence-corrected chi connectivity index (χ2v) is 7.21. The fourth-order valence-electron chi connectivity index (χ4n) is 3.90. The van der Waals surface area contributed by atoms with Gasteiger partial charge in [-0.3, -0.25) is 19.4 Å². The summed E-state index contributed by atoms with van der Waals surface area (Å²) in [6, 6.07) is 3.78. The molecule has 1 aromatic heterocycles. The normalized spacial score (nSPS) is 27.6. The minimum absolute atomic E-state index is 0.0205. The van der Waals surface area contributed by atoms with Crippen LogP contribution in [-0.4, -0.2) is 78.9 Å². The monoisotopic (exact) mass is 335 g/mol. The first-order chi connectivity index (χ1) is 11.5. The number of morpholine rings is 1. The lowest BCUT2D eigenvalue weighted by atomic mass is 9.90. The van der Waals surface area contributed by atoms with Crippen LogP contribution in [0.1, 0.15) is 17.9 Å². The maximum absolute atomic E-state index is 12.5. The lowest BCUT2D eigenvalue weighted by Gasteiger charge is -2.54. The Morgan fingerprint density at radius 2 is 2.17 bits per heavy atom. The van der Waals surface area contributed by atoms with Gasteiger partial charge in [0.25, 0.3) is 5.91 Å². The highest BCUT2D eigenvalue weighted by Gasteiger charge is 2.50.